The first-order chi connectivity index (χ1) is 13.5. The number of aryl methyl sites for hydroxylation is 1. The summed E-state index contributed by atoms with van der Waals surface area (Å²) in [5.41, 5.74) is -0.195. The number of furan rings is 1. The van der Waals surface area contributed by atoms with Crippen molar-refractivity contribution < 1.29 is 22.8 Å². The summed E-state index contributed by atoms with van der Waals surface area (Å²) in [5.74, 6) is -0.890. The Morgan fingerprint density at radius 3 is 2.64 bits per heavy atom. The molecule has 0 unspecified atom stereocenters. The highest BCUT2D eigenvalue weighted by atomic mass is 35.5. The summed E-state index contributed by atoms with van der Waals surface area (Å²) in [7, 11) is 0. The lowest BCUT2D eigenvalue weighted by atomic mass is 10.0. The third-order valence-electron chi connectivity index (χ3n) is 4.19. The van der Waals surface area contributed by atoms with Gasteiger partial charge in [0.15, 0.2) is 0 Å². The van der Waals surface area contributed by atoms with E-state index in [1.807, 2.05) is 0 Å². The molecule has 0 saturated carbocycles. The Balaban J connectivity index is 1.81. The van der Waals surface area contributed by atoms with Crippen LogP contribution in [0.3, 0.4) is 0 Å². The highest BCUT2D eigenvalue weighted by Gasteiger charge is 2.20. The number of rotatable bonds is 3. The zero-order chi connectivity index (χ0) is 19.8. The maximum absolute atomic E-state index is 14.3. The molecule has 0 saturated heterocycles. The average molecular weight is 399 g/mol. The van der Waals surface area contributed by atoms with Crippen molar-refractivity contribution in [3.05, 3.63) is 87.4 Å². The van der Waals surface area contributed by atoms with E-state index in [-0.39, 0.29) is 44.4 Å². The van der Waals surface area contributed by atoms with Gasteiger partial charge in [-0.3, -0.25) is 4.79 Å². The highest BCUT2D eigenvalue weighted by Crippen LogP contribution is 2.32. The van der Waals surface area contributed by atoms with E-state index in [1.54, 1.807) is 13.0 Å². The summed E-state index contributed by atoms with van der Waals surface area (Å²) >= 11 is 6.10. The number of ether oxygens (including phenoxy) is 1. The second-order valence-electron chi connectivity index (χ2n) is 5.98. The van der Waals surface area contributed by atoms with Gasteiger partial charge < -0.3 is 13.6 Å². The van der Waals surface area contributed by atoms with Gasteiger partial charge in [-0.1, -0.05) is 17.7 Å². The fraction of sp³-hybridized carbons (Fsp3) is 0.0476. The normalized spacial score (nSPS) is 11.0. The van der Waals surface area contributed by atoms with E-state index in [9.17, 15) is 14.0 Å². The van der Waals surface area contributed by atoms with Crippen molar-refractivity contribution in [2.45, 2.75) is 6.92 Å². The molecule has 0 spiro atoms. The maximum Gasteiger partial charge on any atom is 0.379 e. The predicted octanol–water partition coefficient (Wildman–Crippen LogP) is 5.37. The molecule has 0 N–H and O–H groups in total. The van der Waals surface area contributed by atoms with Crippen molar-refractivity contribution in [3.8, 4) is 16.9 Å². The van der Waals surface area contributed by atoms with Crippen molar-refractivity contribution >= 4 is 28.5 Å². The molecule has 28 heavy (non-hydrogen) atoms. The summed E-state index contributed by atoms with van der Waals surface area (Å²) in [6.45, 7) is 1.54. The number of esters is 1. The minimum atomic E-state index is -0.682. The molecule has 7 heteroatoms. The Morgan fingerprint density at radius 2 is 1.93 bits per heavy atom. The Morgan fingerprint density at radius 1 is 1.11 bits per heavy atom. The van der Waals surface area contributed by atoms with E-state index >= 15 is 0 Å². The molecule has 0 amide bonds. The van der Waals surface area contributed by atoms with Crippen LogP contribution in [-0.4, -0.2) is 5.97 Å². The van der Waals surface area contributed by atoms with Crippen LogP contribution in [-0.2, 0) is 0 Å². The molecule has 0 bridgehead atoms. The Bertz CT molecular complexity index is 1240. The lowest BCUT2D eigenvalue weighted by Crippen LogP contribution is -2.10. The van der Waals surface area contributed by atoms with Crippen LogP contribution >= 0.6 is 11.6 Å². The number of fused-ring (bicyclic) bond motifs is 1. The molecule has 5 nitrogen and oxygen atoms in total. The molecule has 0 atom stereocenters. The van der Waals surface area contributed by atoms with E-state index in [0.29, 0.717) is 0 Å². The molecule has 2 heterocycles. The molecule has 2 aromatic carbocycles. The molecular weight excluding hydrogens is 387 g/mol. The topological polar surface area (TPSA) is 69.7 Å². The largest absolute Gasteiger partial charge is 0.460 e. The Labute approximate surface area is 162 Å². The first kappa shape index (κ1) is 18.0. The van der Waals surface area contributed by atoms with Gasteiger partial charge in [0.05, 0.1) is 22.2 Å². The number of halogens is 2. The molecule has 2 aromatic heterocycles. The standard InChI is InChI=1S/C21H12ClFO5/c1-11-18(19-14(22)4-2-5-15(19)23)20(24)13-8-7-12(10-17(13)27-11)28-21(25)16-6-3-9-26-16/h2-10H,1H3. The van der Waals surface area contributed by atoms with Crippen LogP contribution in [0.4, 0.5) is 4.39 Å². The number of hydrogen-bond donors (Lipinski definition) is 0. The molecular formula is C21H12ClFO5. The van der Waals surface area contributed by atoms with Crippen molar-refractivity contribution in [1.82, 2.24) is 0 Å². The van der Waals surface area contributed by atoms with E-state index in [1.165, 1.54) is 48.7 Å². The molecule has 0 radical (unpaired) electrons. The van der Waals surface area contributed by atoms with Crippen LogP contribution in [0, 0.1) is 12.7 Å². The van der Waals surface area contributed by atoms with Gasteiger partial charge in [-0.2, -0.15) is 0 Å². The third kappa shape index (κ3) is 3.08. The molecule has 0 aliphatic rings. The van der Waals surface area contributed by atoms with Gasteiger partial charge >= 0.3 is 5.97 Å². The van der Waals surface area contributed by atoms with E-state index in [4.69, 9.17) is 25.2 Å². The highest BCUT2D eigenvalue weighted by molar-refractivity contribution is 6.33. The van der Waals surface area contributed by atoms with Crippen LogP contribution in [0.5, 0.6) is 5.75 Å². The van der Waals surface area contributed by atoms with Crippen LogP contribution in [0.1, 0.15) is 16.3 Å². The summed E-state index contributed by atoms with van der Waals surface area (Å²) < 4.78 is 30.2. The van der Waals surface area contributed by atoms with Gasteiger partial charge in [0.1, 0.15) is 22.9 Å². The zero-order valence-corrected chi connectivity index (χ0v) is 15.2. The predicted molar refractivity (Wildman–Crippen MR) is 101 cm³/mol. The molecule has 0 fully saturated rings. The molecule has 4 aromatic rings. The number of benzene rings is 2. The molecule has 140 valence electrons. The monoisotopic (exact) mass is 398 g/mol. The maximum atomic E-state index is 14.3. The fourth-order valence-corrected chi connectivity index (χ4v) is 3.18. The SMILES string of the molecule is Cc1oc2cc(OC(=O)c3ccco3)ccc2c(=O)c1-c1c(F)cccc1Cl. The van der Waals surface area contributed by atoms with Crippen molar-refractivity contribution in [2.24, 2.45) is 0 Å². The number of hydrogen-bond acceptors (Lipinski definition) is 5. The second-order valence-corrected chi connectivity index (χ2v) is 6.39. The van der Waals surface area contributed by atoms with Gasteiger partial charge in [-0.15, -0.1) is 0 Å². The first-order valence-corrected chi connectivity index (χ1v) is 8.61. The van der Waals surface area contributed by atoms with Gasteiger partial charge in [0, 0.05) is 11.6 Å². The van der Waals surface area contributed by atoms with E-state index < -0.39 is 17.2 Å². The lowest BCUT2D eigenvalue weighted by molar-refractivity contribution is 0.0701. The van der Waals surface area contributed by atoms with Crippen LogP contribution in [0.2, 0.25) is 5.02 Å². The average Bonchev–Trinajstić information content (AvgIpc) is 3.18. The van der Waals surface area contributed by atoms with Gasteiger partial charge in [-0.05, 0) is 43.3 Å². The summed E-state index contributed by atoms with van der Waals surface area (Å²) in [6, 6.07) is 11.5. The number of carbonyl (C=O) groups excluding carboxylic acids is 1. The minimum absolute atomic E-state index is 0.00867. The van der Waals surface area contributed by atoms with E-state index in [2.05, 4.69) is 0 Å². The summed E-state index contributed by atoms with van der Waals surface area (Å²) in [4.78, 5) is 25.0. The second kappa shape index (κ2) is 6.98. The van der Waals surface area contributed by atoms with Crippen molar-refractivity contribution in [2.75, 3.05) is 0 Å². The minimum Gasteiger partial charge on any atom is -0.460 e. The van der Waals surface area contributed by atoms with Crippen molar-refractivity contribution in [3.63, 3.8) is 0 Å². The number of carbonyl (C=O) groups is 1. The van der Waals surface area contributed by atoms with Gasteiger partial charge in [0.25, 0.3) is 0 Å². The fourth-order valence-electron chi connectivity index (χ4n) is 2.93. The molecule has 0 aliphatic heterocycles. The molecule has 4 rings (SSSR count). The smallest absolute Gasteiger partial charge is 0.379 e. The Hall–Kier alpha value is -3.38. The van der Waals surface area contributed by atoms with Crippen LogP contribution in [0.25, 0.3) is 22.1 Å². The molecule has 0 aliphatic carbocycles. The Kier molecular flexibility index (Phi) is 4.49. The van der Waals surface area contributed by atoms with Gasteiger partial charge in [-0.25, -0.2) is 9.18 Å². The lowest BCUT2D eigenvalue weighted by Gasteiger charge is -2.10. The first-order valence-electron chi connectivity index (χ1n) is 8.23. The van der Waals surface area contributed by atoms with Crippen molar-refractivity contribution in [1.29, 1.82) is 0 Å². The summed E-state index contributed by atoms with van der Waals surface area (Å²) in [5, 5.41) is 0.316. The van der Waals surface area contributed by atoms with Crippen LogP contribution in [0.15, 0.2) is 68.4 Å². The van der Waals surface area contributed by atoms with Gasteiger partial charge in [0.2, 0.25) is 11.2 Å². The quantitative estimate of drug-likeness (QED) is 0.342. The summed E-state index contributed by atoms with van der Waals surface area (Å²) in [6.07, 6.45) is 1.36. The van der Waals surface area contributed by atoms with E-state index in [0.717, 1.165) is 0 Å². The van der Waals surface area contributed by atoms with Crippen LogP contribution < -0.4 is 10.2 Å². The zero-order valence-electron chi connectivity index (χ0n) is 14.5. The third-order valence-corrected chi connectivity index (χ3v) is 4.50.